The smallest absolute Gasteiger partial charge is 0.271 e. The summed E-state index contributed by atoms with van der Waals surface area (Å²) in [7, 11) is 0. The Balaban J connectivity index is 1.46. The molecule has 3 aliphatic rings. The van der Waals surface area contributed by atoms with Crippen molar-refractivity contribution in [2.75, 3.05) is 6.54 Å². The molecular formula is C30H39N3O2. The Morgan fingerprint density at radius 2 is 1.71 bits per heavy atom. The predicted octanol–water partition coefficient (Wildman–Crippen LogP) is 6.10. The Kier molecular flexibility index (Phi) is 7.12. The molecule has 1 atom stereocenters. The van der Waals surface area contributed by atoms with Crippen LogP contribution in [0, 0.1) is 0 Å². The first-order valence-corrected chi connectivity index (χ1v) is 13.6. The normalized spacial score (nSPS) is 23.4. The molecular weight excluding hydrogens is 434 g/mol. The van der Waals surface area contributed by atoms with Crippen molar-refractivity contribution < 1.29 is 9.59 Å². The molecule has 5 nitrogen and oxygen atoms in total. The second-order valence-corrected chi connectivity index (χ2v) is 10.8. The first-order valence-electron chi connectivity index (χ1n) is 13.6. The van der Waals surface area contributed by atoms with E-state index in [0.717, 1.165) is 43.4 Å². The molecule has 1 aromatic carbocycles. The van der Waals surface area contributed by atoms with Crippen LogP contribution in [0.5, 0.6) is 0 Å². The first-order chi connectivity index (χ1) is 17.1. The van der Waals surface area contributed by atoms with Crippen molar-refractivity contribution >= 4 is 11.8 Å². The molecule has 5 rings (SSSR count). The van der Waals surface area contributed by atoms with Crippen molar-refractivity contribution in [3.8, 4) is 11.3 Å². The van der Waals surface area contributed by atoms with Crippen LogP contribution >= 0.6 is 0 Å². The summed E-state index contributed by atoms with van der Waals surface area (Å²) in [5, 5.41) is 3.38. The van der Waals surface area contributed by atoms with Crippen LogP contribution in [0.15, 0.2) is 54.1 Å². The molecule has 1 N–H and O–H groups in total. The van der Waals surface area contributed by atoms with Crippen molar-refractivity contribution in [2.24, 2.45) is 0 Å². The highest BCUT2D eigenvalue weighted by Crippen LogP contribution is 2.34. The molecule has 2 amide bonds. The number of aromatic nitrogens is 1. The van der Waals surface area contributed by atoms with Gasteiger partial charge in [0, 0.05) is 18.3 Å². The predicted molar refractivity (Wildman–Crippen MR) is 140 cm³/mol. The van der Waals surface area contributed by atoms with Crippen molar-refractivity contribution in [3.05, 3.63) is 59.8 Å². The van der Waals surface area contributed by atoms with Gasteiger partial charge in [0.2, 0.25) is 5.91 Å². The second-order valence-electron chi connectivity index (χ2n) is 10.8. The van der Waals surface area contributed by atoms with Crippen LogP contribution in [0.25, 0.3) is 11.3 Å². The van der Waals surface area contributed by atoms with E-state index in [9.17, 15) is 9.59 Å². The Hall–Kier alpha value is -2.82. The summed E-state index contributed by atoms with van der Waals surface area (Å²) >= 11 is 0. The molecule has 0 radical (unpaired) electrons. The van der Waals surface area contributed by atoms with Gasteiger partial charge >= 0.3 is 0 Å². The molecule has 1 aromatic heterocycles. The summed E-state index contributed by atoms with van der Waals surface area (Å²) in [5.41, 5.74) is 3.26. The number of amides is 2. The minimum atomic E-state index is -0.922. The van der Waals surface area contributed by atoms with Crippen molar-refractivity contribution in [1.82, 2.24) is 14.8 Å². The maximum absolute atomic E-state index is 14.0. The van der Waals surface area contributed by atoms with Crippen LogP contribution in [0.1, 0.15) is 88.0 Å². The zero-order chi connectivity index (χ0) is 24.3. The third-order valence-electron chi connectivity index (χ3n) is 8.30. The van der Waals surface area contributed by atoms with Crippen LogP contribution < -0.4 is 5.32 Å². The fourth-order valence-electron chi connectivity index (χ4n) is 6.14. The summed E-state index contributed by atoms with van der Waals surface area (Å²) in [6.45, 7) is 3.04. The molecule has 5 heteroatoms. The van der Waals surface area contributed by atoms with E-state index in [4.69, 9.17) is 0 Å². The lowest BCUT2D eigenvalue weighted by Gasteiger charge is -2.45. The minimum Gasteiger partial charge on any atom is -0.351 e. The maximum Gasteiger partial charge on any atom is 0.271 e. The average Bonchev–Trinajstić information content (AvgIpc) is 3.13. The van der Waals surface area contributed by atoms with Crippen LogP contribution in [0.4, 0.5) is 0 Å². The van der Waals surface area contributed by atoms with Crippen molar-refractivity contribution in [3.63, 3.8) is 0 Å². The molecule has 2 aromatic rings. The Morgan fingerprint density at radius 1 is 0.971 bits per heavy atom. The molecule has 0 bridgehead atoms. The zero-order valence-corrected chi connectivity index (χ0v) is 21.1. The van der Waals surface area contributed by atoms with E-state index in [1.54, 1.807) is 0 Å². The van der Waals surface area contributed by atoms with E-state index >= 15 is 0 Å². The molecule has 35 heavy (non-hydrogen) atoms. The van der Waals surface area contributed by atoms with Gasteiger partial charge in [-0.1, -0.05) is 67.7 Å². The molecule has 0 spiro atoms. The Morgan fingerprint density at radius 3 is 2.43 bits per heavy atom. The van der Waals surface area contributed by atoms with Crippen molar-refractivity contribution in [1.29, 1.82) is 0 Å². The third-order valence-corrected chi connectivity index (χ3v) is 8.30. The van der Waals surface area contributed by atoms with Gasteiger partial charge in [0.15, 0.2) is 0 Å². The fourth-order valence-corrected chi connectivity index (χ4v) is 6.14. The van der Waals surface area contributed by atoms with E-state index in [2.05, 4.69) is 28.1 Å². The number of carbonyl (C=O) groups is 2. The van der Waals surface area contributed by atoms with E-state index in [0.29, 0.717) is 18.8 Å². The monoisotopic (exact) mass is 473 g/mol. The summed E-state index contributed by atoms with van der Waals surface area (Å²) in [6.07, 6.45) is 14.8. The summed E-state index contributed by atoms with van der Waals surface area (Å²) in [5.74, 6) is -0.0397. The number of hydrogen-bond acceptors (Lipinski definition) is 2. The van der Waals surface area contributed by atoms with E-state index in [1.807, 2.05) is 42.2 Å². The molecule has 0 saturated heterocycles. The van der Waals surface area contributed by atoms with Crippen LogP contribution in [-0.2, 0) is 11.3 Å². The van der Waals surface area contributed by atoms with Crippen molar-refractivity contribution in [2.45, 2.75) is 95.7 Å². The average molecular weight is 474 g/mol. The number of rotatable bonds is 6. The van der Waals surface area contributed by atoms with E-state index in [-0.39, 0.29) is 17.9 Å². The highest BCUT2D eigenvalue weighted by molar-refractivity contribution is 6.00. The zero-order valence-electron chi connectivity index (χ0n) is 21.1. The number of nitrogens with one attached hydrogen (secondary N) is 1. The number of carbonyl (C=O) groups excluding carboxylic acids is 2. The number of benzene rings is 1. The Labute approximate surface area is 209 Å². The highest BCUT2D eigenvalue weighted by atomic mass is 16.2. The van der Waals surface area contributed by atoms with Gasteiger partial charge in [-0.2, -0.15) is 0 Å². The molecule has 1 fully saturated rings. The third kappa shape index (κ3) is 4.96. The van der Waals surface area contributed by atoms with Crippen LogP contribution in [0.2, 0.25) is 0 Å². The second kappa shape index (κ2) is 10.4. The van der Waals surface area contributed by atoms with Crippen LogP contribution in [0.3, 0.4) is 0 Å². The molecule has 1 saturated carbocycles. The van der Waals surface area contributed by atoms with Crippen LogP contribution in [-0.4, -0.2) is 39.4 Å². The SMILES string of the molecule is C[C@]1(C(=O)NC2CCCCCC2)Cn2c(ccc2-c2ccccc2)C(=O)N1CCC1=CCCCC1. The van der Waals surface area contributed by atoms with Gasteiger partial charge < -0.3 is 14.8 Å². The number of fused-ring (bicyclic) bond motifs is 1. The summed E-state index contributed by atoms with van der Waals surface area (Å²) in [6, 6.07) is 14.3. The molecule has 1 aliphatic heterocycles. The summed E-state index contributed by atoms with van der Waals surface area (Å²) < 4.78 is 2.07. The Bertz CT molecular complexity index is 1080. The topological polar surface area (TPSA) is 54.3 Å². The molecule has 0 unspecified atom stereocenters. The molecule has 186 valence electrons. The first kappa shape index (κ1) is 23.9. The van der Waals surface area contributed by atoms with Gasteiger partial charge in [-0.3, -0.25) is 9.59 Å². The van der Waals surface area contributed by atoms with Gasteiger partial charge in [0.05, 0.1) is 6.54 Å². The molecule has 2 heterocycles. The van der Waals surface area contributed by atoms with Gasteiger partial charge in [-0.25, -0.2) is 0 Å². The number of hydrogen-bond donors (Lipinski definition) is 1. The number of allylic oxidation sites excluding steroid dienone is 1. The largest absolute Gasteiger partial charge is 0.351 e. The standard InChI is InChI=1S/C30H39N3O2/c1-30(29(35)31-25-16-10-2-3-11-17-25)22-32-26(24-14-8-5-9-15-24)18-19-27(32)28(34)33(30)21-20-23-12-6-4-7-13-23/h5,8-9,12,14-15,18-19,25H,2-4,6-7,10-11,13,16-17,20-22H2,1H3,(H,31,35)/t30-/m1/s1. The lowest BCUT2D eigenvalue weighted by atomic mass is 9.91. The quantitative estimate of drug-likeness (QED) is 0.407. The number of nitrogens with zero attached hydrogens (tertiary/aromatic N) is 2. The van der Waals surface area contributed by atoms with E-state index in [1.165, 1.54) is 44.1 Å². The van der Waals surface area contributed by atoms with E-state index < -0.39 is 5.54 Å². The maximum atomic E-state index is 14.0. The molecule has 2 aliphatic carbocycles. The minimum absolute atomic E-state index is 0.00580. The van der Waals surface area contributed by atoms with Gasteiger partial charge in [0.1, 0.15) is 11.2 Å². The van der Waals surface area contributed by atoms with Gasteiger partial charge in [-0.05, 0) is 69.6 Å². The highest BCUT2D eigenvalue weighted by Gasteiger charge is 2.48. The van der Waals surface area contributed by atoms with Gasteiger partial charge in [-0.15, -0.1) is 0 Å². The lowest BCUT2D eigenvalue weighted by molar-refractivity contribution is -0.133. The van der Waals surface area contributed by atoms with Gasteiger partial charge in [0.25, 0.3) is 5.91 Å². The fraction of sp³-hybridized carbons (Fsp3) is 0.533. The summed E-state index contributed by atoms with van der Waals surface area (Å²) in [4.78, 5) is 29.7. The lowest BCUT2D eigenvalue weighted by Crippen LogP contribution is -2.65.